The summed E-state index contributed by atoms with van der Waals surface area (Å²) < 4.78 is 5.91. The van der Waals surface area contributed by atoms with Crippen LogP contribution in [-0.4, -0.2) is 0 Å². The van der Waals surface area contributed by atoms with E-state index in [1.54, 1.807) is 0 Å². The molecule has 0 spiro atoms. The van der Waals surface area contributed by atoms with E-state index in [4.69, 9.17) is 10.2 Å². The highest BCUT2D eigenvalue weighted by Crippen LogP contribution is 2.38. The Kier molecular flexibility index (Phi) is 3.61. The van der Waals surface area contributed by atoms with Crippen LogP contribution in [0.2, 0.25) is 0 Å². The largest absolute Gasteiger partial charge is 0.459 e. The second-order valence-corrected chi connectivity index (χ2v) is 5.90. The molecule has 1 saturated carbocycles. The van der Waals surface area contributed by atoms with E-state index in [1.165, 1.54) is 32.1 Å². The van der Waals surface area contributed by atoms with E-state index in [9.17, 15) is 0 Å². The Balaban J connectivity index is 1.74. The molecular formula is C17H23NO. The molecule has 2 heteroatoms. The zero-order valence-corrected chi connectivity index (χ0v) is 11.6. The van der Waals surface area contributed by atoms with Gasteiger partial charge in [0.2, 0.25) is 0 Å². The molecule has 1 atom stereocenters. The number of fused-ring (bicyclic) bond motifs is 1. The summed E-state index contributed by atoms with van der Waals surface area (Å²) in [5, 5.41) is 1.16. The Morgan fingerprint density at radius 2 is 1.95 bits per heavy atom. The van der Waals surface area contributed by atoms with Crippen LogP contribution in [0.25, 0.3) is 11.0 Å². The molecule has 2 N–H and O–H groups in total. The van der Waals surface area contributed by atoms with Gasteiger partial charge in [0, 0.05) is 5.39 Å². The lowest BCUT2D eigenvalue weighted by atomic mass is 9.77. The SMILES string of the molecule is CCC1CCC(C(N)c2cc3ccccc3o2)CC1. The average molecular weight is 257 g/mol. The van der Waals surface area contributed by atoms with E-state index in [-0.39, 0.29) is 6.04 Å². The Morgan fingerprint density at radius 1 is 1.21 bits per heavy atom. The van der Waals surface area contributed by atoms with Crippen LogP contribution in [0.3, 0.4) is 0 Å². The number of furan rings is 1. The van der Waals surface area contributed by atoms with Crippen molar-refractivity contribution in [3.8, 4) is 0 Å². The van der Waals surface area contributed by atoms with E-state index in [1.807, 2.05) is 18.2 Å². The predicted molar refractivity (Wildman–Crippen MR) is 78.9 cm³/mol. The molecule has 1 fully saturated rings. The lowest BCUT2D eigenvalue weighted by molar-refractivity contribution is 0.227. The molecule has 2 aromatic rings. The van der Waals surface area contributed by atoms with Crippen LogP contribution in [0.4, 0.5) is 0 Å². The van der Waals surface area contributed by atoms with Gasteiger partial charge in [-0.15, -0.1) is 0 Å². The lowest BCUT2D eigenvalue weighted by Crippen LogP contribution is -2.25. The van der Waals surface area contributed by atoms with Crippen LogP contribution in [0.15, 0.2) is 34.7 Å². The van der Waals surface area contributed by atoms with E-state index in [2.05, 4.69) is 19.1 Å². The van der Waals surface area contributed by atoms with Gasteiger partial charge in [-0.3, -0.25) is 0 Å². The first-order valence-electron chi connectivity index (χ1n) is 7.52. The zero-order valence-electron chi connectivity index (χ0n) is 11.6. The van der Waals surface area contributed by atoms with Crippen molar-refractivity contribution in [1.82, 2.24) is 0 Å². The molecule has 1 aliphatic rings. The minimum absolute atomic E-state index is 0.0604. The van der Waals surface area contributed by atoms with Crippen molar-refractivity contribution in [2.45, 2.75) is 45.1 Å². The number of para-hydroxylation sites is 1. The van der Waals surface area contributed by atoms with Crippen molar-refractivity contribution in [2.75, 3.05) is 0 Å². The molecule has 1 aliphatic carbocycles. The highest BCUT2D eigenvalue weighted by molar-refractivity contribution is 5.77. The second kappa shape index (κ2) is 5.38. The maximum atomic E-state index is 6.43. The van der Waals surface area contributed by atoms with Gasteiger partial charge < -0.3 is 10.2 Å². The van der Waals surface area contributed by atoms with Crippen molar-refractivity contribution in [1.29, 1.82) is 0 Å². The van der Waals surface area contributed by atoms with Crippen molar-refractivity contribution in [3.63, 3.8) is 0 Å². The maximum absolute atomic E-state index is 6.43. The fraction of sp³-hybridized carbons (Fsp3) is 0.529. The van der Waals surface area contributed by atoms with Gasteiger partial charge in [-0.05, 0) is 36.8 Å². The molecule has 3 rings (SSSR count). The zero-order chi connectivity index (χ0) is 13.2. The molecule has 0 aliphatic heterocycles. The van der Waals surface area contributed by atoms with Gasteiger partial charge in [0.15, 0.2) is 0 Å². The topological polar surface area (TPSA) is 39.2 Å². The van der Waals surface area contributed by atoms with Gasteiger partial charge in [0.05, 0.1) is 6.04 Å². The molecular weight excluding hydrogens is 234 g/mol. The van der Waals surface area contributed by atoms with Gasteiger partial charge in [-0.2, -0.15) is 0 Å². The molecule has 2 nitrogen and oxygen atoms in total. The fourth-order valence-corrected chi connectivity index (χ4v) is 3.35. The van der Waals surface area contributed by atoms with E-state index in [0.717, 1.165) is 22.6 Å². The molecule has 19 heavy (non-hydrogen) atoms. The monoisotopic (exact) mass is 257 g/mol. The molecule has 0 bridgehead atoms. The Morgan fingerprint density at radius 3 is 2.63 bits per heavy atom. The Bertz CT molecular complexity index is 504. The molecule has 0 amide bonds. The first-order valence-corrected chi connectivity index (χ1v) is 7.52. The van der Waals surface area contributed by atoms with Crippen molar-refractivity contribution in [2.24, 2.45) is 17.6 Å². The standard InChI is InChI=1S/C17H23NO/c1-2-12-7-9-13(10-8-12)17(18)16-11-14-5-3-4-6-15(14)19-16/h3-6,11-13,17H,2,7-10,18H2,1H3. The number of hydrogen-bond donors (Lipinski definition) is 1. The summed E-state index contributed by atoms with van der Waals surface area (Å²) >= 11 is 0. The Labute approximate surface area is 115 Å². The van der Waals surface area contributed by atoms with Crippen LogP contribution in [0.5, 0.6) is 0 Å². The molecule has 102 valence electrons. The highest BCUT2D eigenvalue weighted by Gasteiger charge is 2.27. The number of rotatable bonds is 3. The summed E-state index contributed by atoms with van der Waals surface area (Å²) in [5.41, 5.74) is 7.38. The Hall–Kier alpha value is -1.28. The number of benzene rings is 1. The molecule has 0 radical (unpaired) electrons. The van der Waals surface area contributed by atoms with E-state index >= 15 is 0 Å². The molecule has 1 unspecified atom stereocenters. The maximum Gasteiger partial charge on any atom is 0.134 e. The molecule has 1 aromatic heterocycles. The minimum Gasteiger partial charge on any atom is -0.459 e. The summed E-state index contributed by atoms with van der Waals surface area (Å²) in [7, 11) is 0. The normalized spacial score (nSPS) is 25.6. The third-order valence-electron chi connectivity index (χ3n) is 4.75. The summed E-state index contributed by atoms with van der Waals surface area (Å²) in [6, 6.07) is 10.3. The van der Waals surface area contributed by atoms with E-state index < -0.39 is 0 Å². The van der Waals surface area contributed by atoms with Crippen LogP contribution in [0, 0.1) is 11.8 Å². The number of hydrogen-bond acceptors (Lipinski definition) is 2. The summed E-state index contributed by atoms with van der Waals surface area (Å²) in [6.07, 6.45) is 6.46. The predicted octanol–water partition coefficient (Wildman–Crippen LogP) is 4.65. The van der Waals surface area contributed by atoms with Crippen LogP contribution in [0.1, 0.15) is 50.8 Å². The van der Waals surface area contributed by atoms with Gasteiger partial charge in [0.1, 0.15) is 11.3 Å². The van der Waals surface area contributed by atoms with Gasteiger partial charge >= 0.3 is 0 Å². The highest BCUT2D eigenvalue weighted by atomic mass is 16.3. The quantitative estimate of drug-likeness (QED) is 0.869. The third kappa shape index (κ3) is 2.55. The van der Waals surface area contributed by atoms with Crippen LogP contribution < -0.4 is 5.73 Å². The molecule has 0 saturated heterocycles. The first kappa shape index (κ1) is 12.7. The van der Waals surface area contributed by atoms with Gasteiger partial charge in [-0.1, -0.05) is 44.4 Å². The fourth-order valence-electron chi connectivity index (χ4n) is 3.35. The first-order chi connectivity index (χ1) is 9.28. The molecule has 1 aromatic carbocycles. The molecule has 1 heterocycles. The van der Waals surface area contributed by atoms with Crippen molar-refractivity contribution in [3.05, 3.63) is 36.1 Å². The van der Waals surface area contributed by atoms with Crippen molar-refractivity contribution >= 4 is 11.0 Å². The smallest absolute Gasteiger partial charge is 0.134 e. The van der Waals surface area contributed by atoms with Gasteiger partial charge in [0.25, 0.3) is 0 Å². The van der Waals surface area contributed by atoms with Gasteiger partial charge in [-0.25, -0.2) is 0 Å². The third-order valence-corrected chi connectivity index (χ3v) is 4.75. The van der Waals surface area contributed by atoms with E-state index in [0.29, 0.717) is 5.92 Å². The van der Waals surface area contributed by atoms with Crippen LogP contribution >= 0.6 is 0 Å². The lowest BCUT2D eigenvalue weighted by Gasteiger charge is -2.30. The summed E-state index contributed by atoms with van der Waals surface area (Å²) in [4.78, 5) is 0. The van der Waals surface area contributed by atoms with Crippen LogP contribution in [-0.2, 0) is 0 Å². The minimum atomic E-state index is 0.0604. The van der Waals surface area contributed by atoms with Crippen molar-refractivity contribution < 1.29 is 4.42 Å². The average Bonchev–Trinajstić information content (AvgIpc) is 2.90. The summed E-state index contributed by atoms with van der Waals surface area (Å²) in [6.45, 7) is 2.30. The second-order valence-electron chi connectivity index (χ2n) is 5.90. The summed E-state index contributed by atoms with van der Waals surface area (Å²) in [5.74, 6) is 2.46. The number of nitrogens with two attached hydrogens (primary N) is 1.